The predicted molar refractivity (Wildman–Crippen MR) is 172 cm³/mol. The molecule has 4 rings (SSSR count). The average molecular weight is 637 g/mol. The maximum atomic E-state index is 2.45. The number of aryl methyl sites for hydroxylation is 4. The molecule has 212 valence electrons. The van der Waals surface area contributed by atoms with E-state index < -0.39 is 0 Å². The fourth-order valence-corrected chi connectivity index (χ4v) is 11.7. The van der Waals surface area contributed by atoms with Crippen molar-refractivity contribution in [3.8, 4) is 0 Å². The van der Waals surface area contributed by atoms with Crippen LogP contribution in [0, 0.1) is 27.7 Å². The number of rotatable bonds is 6. The Hall–Kier alpha value is -0.186. The Bertz CT molecular complexity index is 1120. The van der Waals surface area contributed by atoms with E-state index in [0.29, 0.717) is 0 Å². The first kappa shape index (κ1) is 38.8. The molecule has 0 saturated heterocycles. The number of hydrogen-bond donors (Lipinski definition) is 0. The van der Waals surface area contributed by atoms with E-state index in [2.05, 4.69) is 132 Å². The standard InChI is InChI=1S/2C17H24P.2ClH.Ti/c2*1-11(2)18(12(3)4)15-9-16-13(5)7-8-14(6)17(16)10-15;;;/h2*7-12H,1-6H3;2*1H;/q2*-1;;;+4/p-2. The van der Waals surface area contributed by atoms with Gasteiger partial charge in [0.15, 0.2) is 0 Å². The second kappa shape index (κ2) is 16.5. The molecule has 0 spiro atoms. The molecular weight excluding hydrogens is 589 g/mol. The first-order valence-electron chi connectivity index (χ1n) is 13.7. The number of benzene rings is 2. The molecule has 5 heteroatoms. The molecule has 0 saturated carbocycles. The molecule has 4 aromatic rings. The van der Waals surface area contributed by atoms with E-state index in [1.165, 1.54) is 43.8 Å². The Morgan fingerprint density at radius 1 is 0.487 bits per heavy atom. The molecule has 0 radical (unpaired) electrons. The van der Waals surface area contributed by atoms with Crippen LogP contribution in [0.2, 0.25) is 0 Å². The van der Waals surface area contributed by atoms with E-state index in [1.807, 2.05) is 0 Å². The molecule has 0 bridgehead atoms. The smallest absolute Gasteiger partial charge is 1.00 e. The summed E-state index contributed by atoms with van der Waals surface area (Å²) < 4.78 is 0. The maximum Gasteiger partial charge on any atom is 4.00 e. The molecule has 0 aromatic heterocycles. The summed E-state index contributed by atoms with van der Waals surface area (Å²) >= 11 is 0. The van der Waals surface area contributed by atoms with E-state index in [0.717, 1.165) is 22.6 Å². The minimum atomic E-state index is -0.0453. The van der Waals surface area contributed by atoms with Gasteiger partial charge in [0.1, 0.15) is 0 Å². The van der Waals surface area contributed by atoms with Crippen LogP contribution in [0.25, 0.3) is 21.5 Å². The Morgan fingerprint density at radius 3 is 0.974 bits per heavy atom. The summed E-state index contributed by atoms with van der Waals surface area (Å²) in [5.41, 5.74) is 8.67. The second-order valence-corrected chi connectivity index (χ2v) is 18.5. The molecule has 0 nitrogen and oxygen atoms in total. The largest absolute Gasteiger partial charge is 4.00 e. The average Bonchev–Trinajstić information content (AvgIpc) is 3.40. The van der Waals surface area contributed by atoms with Crippen LogP contribution in [-0.4, -0.2) is 22.6 Å². The Morgan fingerprint density at radius 2 is 0.744 bits per heavy atom. The molecule has 0 amide bonds. The number of hydrogen-bond acceptors (Lipinski definition) is 0. The fraction of sp³-hybridized carbons (Fsp3) is 0.471. The van der Waals surface area contributed by atoms with Gasteiger partial charge in [0, 0.05) is 0 Å². The van der Waals surface area contributed by atoms with Crippen LogP contribution in [-0.2, 0) is 21.7 Å². The molecule has 0 aliphatic rings. The first-order chi connectivity index (χ1) is 16.8. The van der Waals surface area contributed by atoms with Crippen molar-refractivity contribution in [1.29, 1.82) is 0 Å². The van der Waals surface area contributed by atoms with Crippen molar-refractivity contribution < 1.29 is 46.5 Å². The maximum absolute atomic E-state index is 2.45. The summed E-state index contributed by atoms with van der Waals surface area (Å²) in [4.78, 5) is 0. The topological polar surface area (TPSA) is 0 Å². The van der Waals surface area contributed by atoms with Crippen LogP contribution in [0.5, 0.6) is 0 Å². The molecule has 0 aliphatic carbocycles. The summed E-state index contributed by atoms with van der Waals surface area (Å²) in [5, 5.41) is 9.00. The molecule has 0 fully saturated rings. The van der Waals surface area contributed by atoms with E-state index in [-0.39, 0.29) is 62.4 Å². The van der Waals surface area contributed by atoms with Crippen LogP contribution in [0.15, 0.2) is 48.5 Å². The minimum absolute atomic E-state index is 0. The fourth-order valence-electron chi connectivity index (χ4n) is 5.83. The zero-order chi connectivity index (χ0) is 26.9. The van der Waals surface area contributed by atoms with Crippen LogP contribution in [0.3, 0.4) is 0 Å². The third kappa shape index (κ3) is 8.90. The van der Waals surface area contributed by atoms with Crippen molar-refractivity contribution >= 4 is 48.0 Å². The molecule has 0 heterocycles. The van der Waals surface area contributed by atoms with Gasteiger partial charge in [0.2, 0.25) is 0 Å². The number of halogens is 2. The third-order valence-electron chi connectivity index (χ3n) is 7.44. The summed E-state index contributed by atoms with van der Waals surface area (Å²) in [6.45, 7) is 27.8. The van der Waals surface area contributed by atoms with Gasteiger partial charge in [-0.05, 0) is 36.5 Å². The van der Waals surface area contributed by atoms with E-state index >= 15 is 0 Å². The molecule has 0 unspecified atom stereocenters. The SMILES string of the molecule is Cc1ccc(C)c2[cH-]c(P(C(C)C)C(C)C)cc12.Cc1ccc(C)c2[cH-]c(P(C(C)C)C(C)C)cc12.[Cl-].[Cl-].[Ti+4]. The van der Waals surface area contributed by atoms with Gasteiger partial charge < -0.3 is 24.8 Å². The monoisotopic (exact) mass is 636 g/mol. The normalized spacial score (nSPS) is 11.3. The zero-order valence-corrected chi connectivity index (χ0v) is 30.9. The van der Waals surface area contributed by atoms with Crippen molar-refractivity contribution in [3.63, 3.8) is 0 Å². The quantitative estimate of drug-likeness (QED) is 0.169. The molecule has 0 N–H and O–H groups in total. The van der Waals surface area contributed by atoms with Gasteiger partial charge in [0.25, 0.3) is 0 Å². The molecule has 0 aliphatic heterocycles. The van der Waals surface area contributed by atoms with Gasteiger partial charge in [-0.3, -0.25) is 0 Å². The van der Waals surface area contributed by atoms with Crippen LogP contribution in [0.4, 0.5) is 0 Å². The molecule has 0 atom stereocenters. The molecule has 4 aromatic carbocycles. The van der Waals surface area contributed by atoms with Crippen molar-refractivity contribution in [1.82, 2.24) is 0 Å². The minimum Gasteiger partial charge on any atom is -1.00 e. The van der Waals surface area contributed by atoms with Crippen molar-refractivity contribution in [2.75, 3.05) is 0 Å². The summed E-state index contributed by atoms with van der Waals surface area (Å²) in [5.74, 6) is 0. The van der Waals surface area contributed by atoms with Crippen molar-refractivity contribution in [3.05, 3.63) is 70.8 Å². The van der Waals surface area contributed by atoms with Gasteiger partial charge in [-0.1, -0.05) is 108 Å². The van der Waals surface area contributed by atoms with E-state index in [1.54, 1.807) is 10.6 Å². The number of fused-ring (bicyclic) bond motifs is 2. The van der Waals surface area contributed by atoms with Crippen LogP contribution >= 0.6 is 15.8 Å². The van der Waals surface area contributed by atoms with Crippen LogP contribution < -0.4 is 35.4 Å². The molecular formula is C34H48Cl2P2Ti. The summed E-state index contributed by atoms with van der Waals surface area (Å²) in [6, 6.07) is 18.8. The predicted octanol–water partition coefficient (Wildman–Crippen LogP) is 4.20. The van der Waals surface area contributed by atoms with Gasteiger partial charge in [-0.15, -0.1) is 67.5 Å². The van der Waals surface area contributed by atoms with Crippen molar-refractivity contribution in [2.24, 2.45) is 0 Å². The van der Waals surface area contributed by atoms with Gasteiger partial charge in [0.05, 0.1) is 0 Å². The van der Waals surface area contributed by atoms with Gasteiger partial charge in [-0.2, -0.15) is 12.1 Å². The zero-order valence-electron chi connectivity index (χ0n) is 26.1. The Labute approximate surface area is 269 Å². The third-order valence-corrected chi connectivity index (χ3v) is 13.6. The van der Waals surface area contributed by atoms with Crippen molar-refractivity contribution in [2.45, 2.75) is 106 Å². The van der Waals surface area contributed by atoms with Gasteiger partial charge in [-0.25, -0.2) is 0 Å². The first-order valence-corrected chi connectivity index (χ1v) is 16.7. The Balaban J connectivity index is 0.000000688. The summed E-state index contributed by atoms with van der Waals surface area (Å²) in [6.07, 6.45) is 0. The van der Waals surface area contributed by atoms with E-state index in [9.17, 15) is 0 Å². The Kier molecular flexibility index (Phi) is 16.4. The molecule has 39 heavy (non-hydrogen) atoms. The summed E-state index contributed by atoms with van der Waals surface area (Å²) in [7, 11) is -0.0907. The second-order valence-electron chi connectivity index (χ2n) is 11.7. The van der Waals surface area contributed by atoms with Gasteiger partial charge >= 0.3 is 21.7 Å². The van der Waals surface area contributed by atoms with Crippen LogP contribution in [0.1, 0.15) is 77.6 Å². The van der Waals surface area contributed by atoms with E-state index in [4.69, 9.17) is 0 Å².